The standard InChI is InChI=1S/C11H17ClN4/c1-2-16(9-3-4-9)6-5-13-11-7-10(12)14-8-15-11/h7-9H,2-6H2,1H3,(H,13,14,15). The van der Waals surface area contributed by atoms with E-state index < -0.39 is 0 Å². The Labute approximate surface area is 101 Å². The highest BCUT2D eigenvalue weighted by molar-refractivity contribution is 6.29. The maximum atomic E-state index is 5.77. The van der Waals surface area contributed by atoms with Crippen molar-refractivity contribution in [2.45, 2.75) is 25.8 Å². The second kappa shape index (κ2) is 5.46. The SMILES string of the molecule is CCN(CCNc1cc(Cl)ncn1)C1CC1. The van der Waals surface area contributed by atoms with E-state index >= 15 is 0 Å². The van der Waals surface area contributed by atoms with Gasteiger partial charge >= 0.3 is 0 Å². The largest absolute Gasteiger partial charge is 0.369 e. The quantitative estimate of drug-likeness (QED) is 0.773. The summed E-state index contributed by atoms with van der Waals surface area (Å²) in [6.07, 6.45) is 4.18. The lowest BCUT2D eigenvalue weighted by molar-refractivity contribution is 0.289. The summed E-state index contributed by atoms with van der Waals surface area (Å²) in [5.74, 6) is 0.798. The van der Waals surface area contributed by atoms with E-state index in [0.29, 0.717) is 5.15 Å². The molecule has 1 N–H and O–H groups in total. The Morgan fingerprint density at radius 1 is 1.50 bits per heavy atom. The van der Waals surface area contributed by atoms with Gasteiger partial charge in [0.25, 0.3) is 0 Å². The van der Waals surface area contributed by atoms with Gasteiger partial charge in [0.15, 0.2) is 0 Å². The van der Waals surface area contributed by atoms with Crippen LogP contribution >= 0.6 is 11.6 Å². The van der Waals surface area contributed by atoms with Crippen molar-refractivity contribution in [2.24, 2.45) is 0 Å². The lowest BCUT2D eigenvalue weighted by Crippen LogP contribution is -2.31. The Morgan fingerprint density at radius 3 is 2.94 bits per heavy atom. The molecule has 0 unspecified atom stereocenters. The van der Waals surface area contributed by atoms with Gasteiger partial charge in [-0.2, -0.15) is 0 Å². The van der Waals surface area contributed by atoms with Crippen molar-refractivity contribution in [2.75, 3.05) is 25.0 Å². The third-order valence-corrected chi connectivity index (χ3v) is 3.01. The molecule has 1 aliphatic rings. The number of aromatic nitrogens is 2. The lowest BCUT2D eigenvalue weighted by atomic mass is 10.4. The molecule has 5 heteroatoms. The number of anilines is 1. The normalized spacial score (nSPS) is 15.4. The number of nitrogens with one attached hydrogen (secondary N) is 1. The average Bonchev–Trinajstić information content (AvgIpc) is 3.08. The highest BCUT2D eigenvalue weighted by atomic mass is 35.5. The summed E-state index contributed by atoms with van der Waals surface area (Å²) in [7, 11) is 0. The molecule has 0 amide bonds. The minimum Gasteiger partial charge on any atom is -0.369 e. The third-order valence-electron chi connectivity index (χ3n) is 2.81. The number of hydrogen-bond acceptors (Lipinski definition) is 4. The first kappa shape index (κ1) is 11.6. The first-order valence-electron chi connectivity index (χ1n) is 5.75. The Bertz CT molecular complexity index is 341. The summed E-state index contributed by atoms with van der Waals surface area (Å²) in [6.45, 7) is 5.29. The number of hydrogen-bond donors (Lipinski definition) is 1. The van der Waals surface area contributed by atoms with Crippen LogP contribution in [0.15, 0.2) is 12.4 Å². The predicted octanol–water partition coefficient (Wildman–Crippen LogP) is 2.03. The third kappa shape index (κ3) is 3.32. The second-order valence-corrected chi connectivity index (χ2v) is 4.40. The summed E-state index contributed by atoms with van der Waals surface area (Å²) in [5, 5.41) is 3.73. The average molecular weight is 241 g/mol. The van der Waals surface area contributed by atoms with Crippen LogP contribution in [0.25, 0.3) is 0 Å². The molecule has 0 aliphatic heterocycles. The molecular formula is C11H17ClN4. The van der Waals surface area contributed by atoms with E-state index in [2.05, 4.69) is 27.1 Å². The van der Waals surface area contributed by atoms with E-state index in [1.807, 2.05) is 0 Å². The van der Waals surface area contributed by atoms with Crippen LogP contribution in [0.3, 0.4) is 0 Å². The lowest BCUT2D eigenvalue weighted by Gasteiger charge is -2.19. The van der Waals surface area contributed by atoms with Gasteiger partial charge in [-0.1, -0.05) is 18.5 Å². The van der Waals surface area contributed by atoms with E-state index in [1.165, 1.54) is 19.2 Å². The van der Waals surface area contributed by atoms with Crippen molar-refractivity contribution in [3.05, 3.63) is 17.5 Å². The fourth-order valence-electron chi connectivity index (χ4n) is 1.80. The summed E-state index contributed by atoms with van der Waals surface area (Å²) in [6, 6.07) is 2.57. The van der Waals surface area contributed by atoms with E-state index in [1.54, 1.807) is 6.07 Å². The molecule has 0 spiro atoms. The minimum atomic E-state index is 0.479. The summed E-state index contributed by atoms with van der Waals surface area (Å²) < 4.78 is 0. The van der Waals surface area contributed by atoms with E-state index in [0.717, 1.165) is 31.5 Å². The fraction of sp³-hybridized carbons (Fsp3) is 0.636. The van der Waals surface area contributed by atoms with Crippen LogP contribution in [0, 0.1) is 0 Å². The number of halogens is 1. The van der Waals surface area contributed by atoms with Crippen molar-refractivity contribution in [3.63, 3.8) is 0 Å². The molecule has 1 heterocycles. The van der Waals surface area contributed by atoms with Gasteiger partial charge in [0.05, 0.1) is 0 Å². The predicted molar refractivity (Wildman–Crippen MR) is 65.8 cm³/mol. The van der Waals surface area contributed by atoms with Gasteiger partial charge in [-0.25, -0.2) is 9.97 Å². The minimum absolute atomic E-state index is 0.479. The molecule has 2 rings (SSSR count). The Morgan fingerprint density at radius 2 is 2.31 bits per heavy atom. The molecule has 1 fully saturated rings. The zero-order valence-electron chi connectivity index (χ0n) is 9.49. The summed E-state index contributed by atoms with van der Waals surface area (Å²) in [4.78, 5) is 10.4. The zero-order chi connectivity index (χ0) is 11.4. The molecule has 1 aliphatic carbocycles. The van der Waals surface area contributed by atoms with Gasteiger partial charge in [-0.3, -0.25) is 4.90 Å². The van der Waals surface area contributed by atoms with Crippen LogP contribution in [-0.2, 0) is 0 Å². The van der Waals surface area contributed by atoms with Crippen LogP contribution in [0.1, 0.15) is 19.8 Å². The highest BCUT2D eigenvalue weighted by Gasteiger charge is 2.26. The van der Waals surface area contributed by atoms with Gasteiger partial charge in [-0.05, 0) is 19.4 Å². The van der Waals surface area contributed by atoms with Gasteiger partial charge < -0.3 is 5.32 Å². The van der Waals surface area contributed by atoms with Gasteiger partial charge in [0.2, 0.25) is 0 Å². The molecule has 1 aromatic rings. The molecule has 1 aromatic heterocycles. The van der Waals surface area contributed by atoms with E-state index in [4.69, 9.17) is 11.6 Å². The Hall–Kier alpha value is -0.870. The van der Waals surface area contributed by atoms with Crippen LogP contribution < -0.4 is 5.32 Å². The Kier molecular flexibility index (Phi) is 3.96. The van der Waals surface area contributed by atoms with Crippen molar-refractivity contribution in [1.82, 2.24) is 14.9 Å². The van der Waals surface area contributed by atoms with Crippen molar-refractivity contribution >= 4 is 17.4 Å². The smallest absolute Gasteiger partial charge is 0.134 e. The first-order chi connectivity index (χ1) is 7.79. The maximum absolute atomic E-state index is 5.77. The first-order valence-corrected chi connectivity index (χ1v) is 6.13. The van der Waals surface area contributed by atoms with Crippen LogP contribution in [0.4, 0.5) is 5.82 Å². The molecular weight excluding hydrogens is 224 g/mol. The van der Waals surface area contributed by atoms with E-state index in [-0.39, 0.29) is 0 Å². The van der Waals surface area contributed by atoms with Crippen molar-refractivity contribution in [1.29, 1.82) is 0 Å². The molecule has 0 saturated heterocycles. The molecule has 4 nitrogen and oxygen atoms in total. The van der Waals surface area contributed by atoms with E-state index in [9.17, 15) is 0 Å². The number of likely N-dealkylation sites (N-methyl/N-ethyl adjacent to an activating group) is 1. The zero-order valence-corrected chi connectivity index (χ0v) is 10.2. The molecule has 88 valence electrons. The van der Waals surface area contributed by atoms with Gasteiger partial charge in [0.1, 0.15) is 17.3 Å². The molecule has 1 saturated carbocycles. The summed E-state index contributed by atoms with van der Waals surface area (Å²) >= 11 is 5.77. The summed E-state index contributed by atoms with van der Waals surface area (Å²) in [5.41, 5.74) is 0. The molecule has 0 atom stereocenters. The van der Waals surface area contributed by atoms with Gasteiger partial charge in [-0.15, -0.1) is 0 Å². The monoisotopic (exact) mass is 240 g/mol. The molecule has 16 heavy (non-hydrogen) atoms. The van der Waals surface area contributed by atoms with Crippen LogP contribution in [0.5, 0.6) is 0 Å². The topological polar surface area (TPSA) is 41.0 Å². The van der Waals surface area contributed by atoms with Gasteiger partial charge in [0, 0.05) is 25.2 Å². The van der Waals surface area contributed by atoms with Crippen LogP contribution in [0.2, 0.25) is 5.15 Å². The Balaban J connectivity index is 1.74. The van der Waals surface area contributed by atoms with Crippen molar-refractivity contribution in [3.8, 4) is 0 Å². The second-order valence-electron chi connectivity index (χ2n) is 4.01. The fourth-order valence-corrected chi connectivity index (χ4v) is 1.94. The maximum Gasteiger partial charge on any atom is 0.134 e. The van der Waals surface area contributed by atoms with Crippen molar-refractivity contribution < 1.29 is 0 Å². The molecule has 0 radical (unpaired) electrons. The van der Waals surface area contributed by atoms with Crippen LogP contribution in [-0.4, -0.2) is 40.5 Å². The molecule has 0 aromatic carbocycles. The highest BCUT2D eigenvalue weighted by Crippen LogP contribution is 2.25. The number of rotatable bonds is 6. The molecule has 0 bridgehead atoms. The number of nitrogens with zero attached hydrogens (tertiary/aromatic N) is 3.